The summed E-state index contributed by atoms with van der Waals surface area (Å²) < 4.78 is 0. The SMILES string of the molecule is Cc1nc(C)c(CC(=O)NC(CO)CC(C)(C)C)c(=O)[nH]1. The summed E-state index contributed by atoms with van der Waals surface area (Å²) in [5, 5.41) is 12.1. The van der Waals surface area contributed by atoms with Gasteiger partial charge in [0, 0.05) is 11.3 Å². The lowest BCUT2D eigenvalue weighted by Crippen LogP contribution is -2.41. The third kappa shape index (κ3) is 5.67. The highest BCUT2D eigenvalue weighted by molar-refractivity contribution is 5.79. The van der Waals surface area contributed by atoms with Gasteiger partial charge in [0.15, 0.2) is 0 Å². The number of aliphatic hydroxyl groups excluding tert-OH is 1. The molecule has 0 spiro atoms. The van der Waals surface area contributed by atoms with Crippen molar-refractivity contribution in [1.82, 2.24) is 15.3 Å². The van der Waals surface area contributed by atoms with E-state index in [9.17, 15) is 14.7 Å². The summed E-state index contributed by atoms with van der Waals surface area (Å²) in [6.07, 6.45) is 0.631. The van der Waals surface area contributed by atoms with Crippen LogP contribution in [0.1, 0.15) is 44.3 Å². The number of nitrogens with one attached hydrogen (secondary N) is 2. The maximum atomic E-state index is 12.1. The number of hydrogen-bond donors (Lipinski definition) is 3. The van der Waals surface area contributed by atoms with Crippen LogP contribution in [-0.4, -0.2) is 33.6 Å². The molecular formula is C15H25N3O3. The molecule has 0 saturated heterocycles. The number of aliphatic hydroxyl groups is 1. The van der Waals surface area contributed by atoms with E-state index in [1.807, 2.05) is 20.8 Å². The molecule has 1 heterocycles. The van der Waals surface area contributed by atoms with Gasteiger partial charge in [-0.15, -0.1) is 0 Å². The van der Waals surface area contributed by atoms with Crippen LogP contribution in [0.25, 0.3) is 0 Å². The highest BCUT2D eigenvalue weighted by Gasteiger charge is 2.20. The van der Waals surface area contributed by atoms with Crippen LogP contribution < -0.4 is 10.9 Å². The van der Waals surface area contributed by atoms with Crippen molar-refractivity contribution in [2.75, 3.05) is 6.61 Å². The number of carbonyl (C=O) groups is 1. The first-order valence-corrected chi connectivity index (χ1v) is 7.09. The Labute approximate surface area is 125 Å². The van der Waals surface area contributed by atoms with Crippen molar-refractivity contribution in [3.8, 4) is 0 Å². The fourth-order valence-electron chi connectivity index (χ4n) is 2.30. The van der Waals surface area contributed by atoms with E-state index in [1.165, 1.54) is 0 Å². The van der Waals surface area contributed by atoms with E-state index in [4.69, 9.17) is 0 Å². The number of aromatic nitrogens is 2. The lowest BCUT2D eigenvalue weighted by atomic mass is 9.88. The molecule has 1 aromatic rings. The predicted octanol–water partition coefficient (Wildman–Crippen LogP) is 0.843. The number of carbonyl (C=O) groups excluding carboxylic acids is 1. The Kier molecular flexibility index (Phi) is 5.66. The monoisotopic (exact) mass is 295 g/mol. The molecule has 0 saturated carbocycles. The molecule has 0 aliphatic heterocycles. The van der Waals surface area contributed by atoms with Gasteiger partial charge in [-0.2, -0.15) is 0 Å². The molecule has 0 aliphatic carbocycles. The van der Waals surface area contributed by atoms with E-state index in [0.29, 0.717) is 23.5 Å². The van der Waals surface area contributed by atoms with Gasteiger partial charge >= 0.3 is 0 Å². The molecule has 1 amide bonds. The number of aryl methyl sites for hydroxylation is 2. The van der Waals surface area contributed by atoms with Gasteiger partial charge in [-0.1, -0.05) is 20.8 Å². The first-order valence-electron chi connectivity index (χ1n) is 7.09. The summed E-state index contributed by atoms with van der Waals surface area (Å²) in [7, 11) is 0. The van der Waals surface area contributed by atoms with Gasteiger partial charge < -0.3 is 15.4 Å². The second-order valence-electron chi connectivity index (χ2n) is 6.60. The second-order valence-corrected chi connectivity index (χ2v) is 6.60. The Morgan fingerprint density at radius 2 is 2.00 bits per heavy atom. The fourth-order valence-corrected chi connectivity index (χ4v) is 2.30. The van der Waals surface area contributed by atoms with Crippen molar-refractivity contribution in [1.29, 1.82) is 0 Å². The van der Waals surface area contributed by atoms with E-state index in [-0.39, 0.29) is 36.0 Å². The van der Waals surface area contributed by atoms with Crippen molar-refractivity contribution in [3.05, 3.63) is 27.4 Å². The Hall–Kier alpha value is -1.69. The van der Waals surface area contributed by atoms with Crippen molar-refractivity contribution >= 4 is 5.91 Å². The number of amides is 1. The quantitative estimate of drug-likeness (QED) is 0.750. The highest BCUT2D eigenvalue weighted by Crippen LogP contribution is 2.20. The molecule has 1 atom stereocenters. The number of hydrogen-bond acceptors (Lipinski definition) is 4. The zero-order valence-electron chi connectivity index (χ0n) is 13.4. The smallest absolute Gasteiger partial charge is 0.254 e. The summed E-state index contributed by atoms with van der Waals surface area (Å²) in [5.41, 5.74) is 0.638. The van der Waals surface area contributed by atoms with Crippen molar-refractivity contribution in [3.63, 3.8) is 0 Å². The van der Waals surface area contributed by atoms with Crippen LogP contribution in [0.5, 0.6) is 0 Å². The summed E-state index contributed by atoms with van der Waals surface area (Å²) >= 11 is 0. The van der Waals surface area contributed by atoms with E-state index < -0.39 is 0 Å². The minimum absolute atomic E-state index is 0.000516. The Bertz CT molecular complexity index is 558. The molecule has 1 aromatic heterocycles. The summed E-state index contributed by atoms with van der Waals surface area (Å²) in [5.74, 6) is 0.250. The van der Waals surface area contributed by atoms with E-state index >= 15 is 0 Å². The topological polar surface area (TPSA) is 95.1 Å². The molecule has 6 heteroatoms. The van der Waals surface area contributed by atoms with E-state index in [1.54, 1.807) is 13.8 Å². The lowest BCUT2D eigenvalue weighted by molar-refractivity contribution is -0.121. The molecule has 1 unspecified atom stereocenters. The van der Waals surface area contributed by atoms with Crippen molar-refractivity contribution in [2.45, 2.75) is 53.5 Å². The maximum Gasteiger partial charge on any atom is 0.254 e. The van der Waals surface area contributed by atoms with Crippen molar-refractivity contribution in [2.24, 2.45) is 5.41 Å². The third-order valence-electron chi connectivity index (χ3n) is 3.12. The van der Waals surface area contributed by atoms with Gasteiger partial charge in [0.25, 0.3) is 5.56 Å². The third-order valence-corrected chi connectivity index (χ3v) is 3.12. The second kappa shape index (κ2) is 6.85. The van der Waals surface area contributed by atoms with Gasteiger partial charge in [0.05, 0.1) is 19.1 Å². The van der Waals surface area contributed by atoms with Gasteiger partial charge in [-0.3, -0.25) is 9.59 Å². The molecule has 0 aliphatic rings. The standard InChI is InChI=1S/C15H25N3O3/c1-9-12(14(21)17-10(2)16-9)6-13(20)18-11(8-19)7-15(3,4)5/h11,19H,6-8H2,1-5H3,(H,18,20)(H,16,17,21). The highest BCUT2D eigenvalue weighted by atomic mass is 16.3. The summed E-state index contributed by atoms with van der Waals surface area (Å²) in [6.45, 7) is 9.42. The number of nitrogens with zero attached hydrogens (tertiary/aromatic N) is 1. The lowest BCUT2D eigenvalue weighted by Gasteiger charge is -2.25. The average molecular weight is 295 g/mol. The van der Waals surface area contributed by atoms with Crippen LogP contribution in [0.2, 0.25) is 0 Å². The minimum Gasteiger partial charge on any atom is -0.394 e. The fraction of sp³-hybridized carbons (Fsp3) is 0.667. The molecule has 21 heavy (non-hydrogen) atoms. The Morgan fingerprint density at radius 3 is 2.48 bits per heavy atom. The first kappa shape index (κ1) is 17.4. The molecule has 3 N–H and O–H groups in total. The summed E-state index contributed by atoms with van der Waals surface area (Å²) in [4.78, 5) is 30.7. The van der Waals surface area contributed by atoms with Crippen LogP contribution in [0.4, 0.5) is 0 Å². The Balaban J connectivity index is 2.76. The van der Waals surface area contributed by atoms with Gasteiger partial charge in [-0.25, -0.2) is 4.98 Å². The molecule has 0 bridgehead atoms. The molecular weight excluding hydrogens is 270 g/mol. The Morgan fingerprint density at radius 1 is 1.38 bits per heavy atom. The van der Waals surface area contributed by atoms with Gasteiger partial charge in [0.2, 0.25) is 5.91 Å². The van der Waals surface area contributed by atoms with Crippen LogP contribution >= 0.6 is 0 Å². The van der Waals surface area contributed by atoms with Crippen molar-refractivity contribution < 1.29 is 9.90 Å². The molecule has 6 nitrogen and oxygen atoms in total. The zero-order valence-corrected chi connectivity index (χ0v) is 13.4. The maximum absolute atomic E-state index is 12.1. The number of rotatable bonds is 5. The van der Waals surface area contributed by atoms with Gasteiger partial charge in [-0.05, 0) is 25.7 Å². The normalized spacial score (nSPS) is 13.0. The van der Waals surface area contributed by atoms with Crippen LogP contribution in [0, 0.1) is 19.3 Å². The summed E-state index contributed by atoms with van der Waals surface area (Å²) in [6, 6.07) is -0.310. The van der Waals surface area contributed by atoms with Crippen LogP contribution in [0.3, 0.4) is 0 Å². The van der Waals surface area contributed by atoms with Gasteiger partial charge in [0.1, 0.15) is 5.82 Å². The minimum atomic E-state index is -0.310. The zero-order chi connectivity index (χ0) is 16.2. The average Bonchev–Trinajstić information content (AvgIpc) is 2.31. The van der Waals surface area contributed by atoms with E-state index in [0.717, 1.165) is 0 Å². The van der Waals surface area contributed by atoms with E-state index in [2.05, 4.69) is 15.3 Å². The van der Waals surface area contributed by atoms with Crippen LogP contribution in [0.15, 0.2) is 4.79 Å². The number of aromatic amines is 1. The first-order chi connectivity index (χ1) is 9.62. The molecule has 0 fully saturated rings. The van der Waals surface area contributed by atoms with Crippen LogP contribution in [-0.2, 0) is 11.2 Å². The molecule has 0 radical (unpaired) electrons. The largest absolute Gasteiger partial charge is 0.394 e. The molecule has 0 aromatic carbocycles. The molecule has 118 valence electrons. The number of H-pyrrole nitrogens is 1. The molecule has 1 rings (SSSR count). The predicted molar refractivity (Wildman–Crippen MR) is 81.1 cm³/mol.